The highest BCUT2D eigenvalue weighted by Gasteiger charge is 2.37. The second kappa shape index (κ2) is 3.50. The molecule has 0 N–H and O–H groups in total. The third-order valence-electron chi connectivity index (χ3n) is 2.39. The number of hydrogen-bond acceptors (Lipinski definition) is 2. The zero-order valence-electron chi connectivity index (χ0n) is 7.38. The Morgan fingerprint density at radius 1 is 1.64 bits per heavy atom. The number of rotatable bonds is 2. The molecule has 11 heavy (non-hydrogen) atoms. The molecule has 0 aromatic heterocycles. The minimum atomic E-state index is -0.722. The summed E-state index contributed by atoms with van der Waals surface area (Å²) in [4.78, 5) is 2.03. The minimum Gasteiger partial charge on any atom is -0.383 e. The maximum absolute atomic E-state index is 13.3. The Balaban J connectivity index is 2.49. The molecule has 1 fully saturated rings. The molecule has 0 spiro atoms. The Morgan fingerprint density at radius 3 is 2.64 bits per heavy atom. The standard InChI is InChI=1S/C8H16FNO/c1-6-4-10(2)7(5-11-3)8(6)9/h6-8H,4-5H2,1-3H3. The van der Waals surface area contributed by atoms with Gasteiger partial charge in [0.2, 0.25) is 0 Å². The predicted octanol–water partition coefficient (Wildman–Crippen LogP) is 0.921. The summed E-state index contributed by atoms with van der Waals surface area (Å²) < 4.78 is 18.2. The molecule has 1 heterocycles. The molecule has 1 aliphatic rings. The lowest BCUT2D eigenvalue weighted by Gasteiger charge is -2.19. The largest absolute Gasteiger partial charge is 0.383 e. The van der Waals surface area contributed by atoms with Crippen molar-refractivity contribution < 1.29 is 9.13 Å². The fourth-order valence-corrected chi connectivity index (χ4v) is 1.70. The number of likely N-dealkylation sites (tertiary alicyclic amines) is 1. The first kappa shape index (κ1) is 8.94. The van der Waals surface area contributed by atoms with E-state index in [9.17, 15) is 4.39 Å². The van der Waals surface area contributed by atoms with E-state index in [1.165, 1.54) is 0 Å². The molecular formula is C8H16FNO. The van der Waals surface area contributed by atoms with Gasteiger partial charge >= 0.3 is 0 Å². The number of nitrogens with zero attached hydrogens (tertiary/aromatic N) is 1. The zero-order valence-corrected chi connectivity index (χ0v) is 7.38. The molecule has 1 saturated heterocycles. The third kappa shape index (κ3) is 1.71. The molecule has 0 aliphatic carbocycles. The SMILES string of the molecule is COCC1C(F)C(C)CN1C. The van der Waals surface area contributed by atoms with E-state index in [4.69, 9.17) is 4.74 Å². The molecule has 3 atom stereocenters. The molecule has 3 unspecified atom stereocenters. The van der Waals surface area contributed by atoms with Crippen molar-refractivity contribution in [2.45, 2.75) is 19.1 Å². The van der Waals surface area contributed by atoms with Crippen LogP contribution in [-0.4, -0.2) is 44.4 Å². The highest BCUT2D eigenvalue weighted by atomic mass is 19.1. The second-order valence-electron chi connectivity index (χ2n) is 3.38. The summed E-state index contributed by atoms with van der Waals surface area (Å²) in [5.41, 5.74) is 0. The number of alkyl halides is 1. The highest BCUT2D eigenvalue weighted by Crippen LogP contribution is 2.24. The van der Waals surface area contributed by atoms with E-state index in [1.54, 1.807) is 7.11 Å². The summed E-state index contributed by atoms with van der Waals surface area (Å²) in [6, 6.07) is -0.0324. The molecule has 2 nitrogen and oxygen atoms in total. The molecule has 0 saturated carbocycles. The van der Waals surface area contributed by atoms with Crippen molar-refractivity contribution in [2.24, 2.45) is 5.92 Å². The maximum atomic E-state index is 13.3. The van der Waals surface area contributed by atoms with Gasteiger partial charge in [-0.1, -0.05) is 6.92 Å². The van der Waals surface area contributed by atoms with Crippen molar-refractivity contribution >= 4 is 0 Å². The van der Waals surface area contributed by atoms with E-state index in [2.05, 4.69) is 0 Å². The van der Waals surface area contributed by atoms with Crippen molar-refractivity contribution in [1.29, 1.82) is 0 Å². The van der Waals surface area contributed by atoms with Crippen LogP contribution in [0, 0.1) is 5.92 Å². The average Bonchev–Trinajstić information content (AvgIpc) is 2.17. The number of halogens is 1. The number of methoxy groups -OCH3 is 1. The fraction of sp³-hybridized carbons (Fsp3) is 1.00. The van der Waals surface area contributed by atoms with Crippen molar-refractivity contribution in [1.82, 2.24) is 4.90 Å². The number of ether oxygens (including phenoxy) is 1. The van der Waals surface area contributed by atoms with E-state index in [0.29, 0.717) is 6.61 Å². The van der Waals surface area contributed by atoms with Crippen LogP contribution in [0.25, 0.3) is 0 Å². The van der Waals surface area contributed by atoms with Gasteiger partial charge in [-0.3, -0.25) is 4.90 Å². The Bertz CT molecular complexity index is 131. The van der Waals surface area contributed by atoms with Gasteiger partial charge in [0.1, 0.15) is 6.17 Å². The van der Waals surface area contributed by atoms with Crippen molar-refractivity contribution in [3.05, 3.63) is 0 Å². The molecule has 0 bridgehead atoms. The molecule has 1 rings (SSSR count). The highest BCUT2D eigenvalue weighted by molar-refractivity contribution is 4.89. The Labute approximate surface area is 67.3 Å². The van der Waals surface area contributed by atoms with E-state index >= 15 is 0 Å². The van der Waals surface area contributed by atoms with Crippen molar-refractivity contribution in [3.8, 4) is 0 Å². The number of hydrogen-bond donors (Lipinski definition) is 0. The van der Waals surface area contributed by atoms with Crippen LogP contribution in [0.1, 0.15) is 6.92 Å². The van der Waals surface area contributed by atoms with Crippen molar-refractivity contribution in [3.63, 3.8) is 0 Å². The summed E-state index contributed by atoms with van der Waals surface area (Å²) in [5.74, 6) is 0.153. The molecule has 0 aromatic rings. The van der Waals surface area contributed by atoms with Crippen LogP contribution >= 0.6 is 0 Å². The van der Waals surface area contributed by atoms with Crippen LogP contribution in [-0.2, 0) is 4.74 Å². The summed E-state index contributed by atoms with van der Waals surface area (Å²) in [7, 11) is 3.56. The van der Waals surface area contributed by atoms with E-state index in [1.807, 2.05) is 18.9 Å². The summed E-state index contributed by atoms with van der Waals surface area (Å²) >= 11 is 0. The Morgan fingerprint density at radius 2 is 2.27 bits per heavy atom. The third-order valence-corrected chi connectivity index (χ3v) is 2.39. The smallest absolute Gasteiger partial charge is 0.122 e. The monoisotopic (exact) mass is 161 g/mol. The molecule has 0 amide bonds. The van der Waals surface area contributed by atoms with Gasteiger partial charge < -0.3 is 4.74 Å². The lowest BCUT2D eigenvalue weighted by Crippen LogP contribution is -2.34. The zero-order chi connectivity index (χ0) is 8.43. The van der Waals surface area contributed by atoms with Gasteiger partial charge in [-0.25, -0.2) is 4.39 Å². The van der Waals surface area contributed by atoms with Crippen LogP contribution in [0.5, 0.6) is 0 Å². The van der Waals surface area contributed by atoms with Crippen LogP contribution in [0.3, 0.4) is 0 Å². The summed E-state index contributed by atoms with van der Waals surface area (Å²) in [6.45, 7) is 3.29. The van der Waals surface area contributed by atoms with Gasteiger partial charge in [0.15, 0.2) is 0 Å². The van der Waals surface area contributed by atoms with Gasteiger partial charge in [-0.2, -0.15) is 0 Å². The second-order valence-corrected chi connectivity index (χ2v) is 3.38. The molecule has 3 heteroatoms. The predicted molar refractivity (Wildman–Crippen MR) is 42.4 cm³/mol. The van der Waals surface area contributed by atoms with Crippen LogP contribution < -0.4 is 0 Å². The molecule has 0 radical (unpaired) electrons. The average molecular weight is 161 g/mol. The van der Waals surface area contributed by atoms with Gasteiger partial charge in [0.25, 0.3) is 0 Å². The first-order valence-electron chi connectivity index (χ1n) is 4.00. The molecule has 66 valence electrons. The van der Waals surface area contributed by atoms with Crippen LogP contribution in [0.4, 0.5) is 4.39 Å². The fourth-order valence-electron chi connectivity index (χ4n) is 1.70. The van der Waals surface area contributed by atoms with E-state index < -0.39 is 6.17 Å². The normalized spacial score (nSPS) is 39.8. The summed E-state index contributed by atoms with van der Waals surface area (Å²) in [5, 5.41) is 0. The van der Waals surface area contributed by atoms with E-state index in [-0.39, 0.29) is 12.0 Å². The number of likely N-dealkylation sites (N-methyl/N-ethyl adjacent to an activating group) is 1. The van der Waals surface area contributed by atoms with Gasteiger partial charge in [-0.15, -0.1) is 0 Å². The van der Waals surface area contributed by atoms with Gasteiger partial charge in [-0.05, 0) is 7.05 Å². The first-order chi connectivity index (χ1) is 5.16. The topological polar surface area (TPSA) is 12.5 Å². The minimum absolute atomic E-state index is 0.0324. The quantitative estimate of drug-likeness (QED) is 0.597. The molecule has 1 aliphatic heterocycles. The molecular weight excluding hydrogens is 145 g/mol. The van der Waals surface area contributed by atoms with Crippen molar-refractivity contribution in [2.75, 3.05) is 27.3 Å². The van der Waals surface area contributed by atoms with Gasteiger partial charge in [0, 0.05) is 19.6 Å². The lowest BCUT2D eigenvalue weighted by atomic mass is 10.1. The Hall–Kier alpha value is -0.150. The van der Waals surface area contributed by atoms with Crippen LogP contribution in [0.15, 0.2) is 0 Å². The van der Waals surface area contributed by atoms with E-state index in [0.717, 1.165) is 6.54 Å². The summed E-state index contributed by atoms with van der Waals surface area (Å²) in [6.07, 6.45) is -0.722. The maximum Gasteiger partial charge on any atom is 0.122 e. The van der Waals surface area contributed by atoms with Crippen LogP contribution in [0.2, 0.25) is 0 Å². The van der Waals surface area contributed by atoms with Gasteiger partial charge in [0.05, 0.1) is 12.6 Å². The Kier molecular flexibility index (Phi) is 2.84. The first-order valence-corrected chi connectivity index (χ1v) is 4.00. The lowest BCUT2D eigenvalue weighted by molar-refractivity contribution is 0.0937. The molecule has 0 aromatic carbocycles.